The number of amides is 1. The van der Waals surface area contributed by atoms with Crippen LogP contribution in [0.5, 0.6) is 5.75 Å². The van der Waals surface area contributed by atoms with E-state index in [1.54, 1.807) is 24.3 Å². The number of nitrogens with two attached hydrogens (primary N) is 1. The first-order chi connectivity index (χ1) is 17.7. The minimum Gasteiger partial charge on any atom is -0.494 e. The molecule has 1 amide bonds. The summed E-state index contributed by atoms with van der Waals surface area (Å²) in [6.45, 7) is 6.12. The van der Waals surface area contributed by atoms with Crippen molar-refractivity contribution in [3.63, 3.8) is 0 Å². The molecule has 0 unspecified atom stereocenters. The Balaban J connectivity index is 2.02. The lowest BCUT2D eigenvalue weighted by Gasteiger charge is -2.24. The number of unbranched alkanes of at least 4 members (excludes halogenated alkanes) is 1. The van der Waals surface area contributed by atoms with Gasteiger partial charge in [0.05, 0.1) is 13.0 Å². The van der Waals surface area contributed by atoms with Crippen LogP contribution in [0.25, 0.3) is 0 Å². The molecule has 0 aliphatic rings. The number of rotatable bonds is 15. The molecule has 0 spiro atoms. The molecule has 2 aromatic rings. The number of ether oxygens (including phenoxy) is 2. The van der Waals surface area contributed by atoms with Crippen molar-refractivity contribution in [1.82, 2.24) is 9.55 Å². The molecule has 1 aromatic carbocycles. The number of aromatic amines is 1. The highest BCUT2D eigenvalue weighted by Gasteiger charge is 2.25. The normalized spacial score (nSPS) is 10.7. The van der Waals surface area contributed by atoms with Gasteiger partial charge in [0.2, 0.25) is 0 Å². The molecule has 11 nitrogen and oxygen atoms in total. The number of ketones is 1. The number of nitrogens with one attached hydrogen (secondary N) is 1. The van der Waals surface area contributed by atoms with Crippen LogP contribution in [0.1, 0.15) is 69.7 Å². The highest BCUT2D eigenvalue weighted by atomic mass is 16.5. The van der Waals surface area contributed by atoms with Crippen molar-refractivity contribution in [2.24, 2.45) is 0 Å². The Labute approximate surface area is 215 Å². The Morgan fingerprint density at radius 3 is 2.32 bits per heavy atom. The average Bonchev–Trinajstić information content (AvgIpc) is 2.89. The van der Waals surface area contributed by atoms with E-state index < -0.39 is 29.7 Å². The number of nitrogens with zero attached hydrogens (tertiary/aromatic N) is 2. The number of hydrogen-bond donors (Lipinski definition) is 2. The van der Waals surface area contributed by atoms with E-state index in [2.05, 4.69) is 4.98 Å². The molecule has 1 aromatic heterocycles. The maximum absolute atomic E-state index is 13.0. The van der Waals surface area contributed by atoms with Gasteiger partial charge in [-0.25, -0.2) is 4.79 Å². The lowest BCUT2D eigenvalue weighted by molar-refractivity contribution is -0.147. The Morgan fingerprint density at radius 1 is 1.00 bits per heavy atom. The van der Waals surface area contributed by atoms with Crippen LogP contribution in [-0.2, 0) is 20.9 Å². The number of Topliss-reactive ketones (excluding diaryl/α,β-unsaturated/α-hetero) is 1. The van der Waals surface area contributed by atoms with Gasteiger partial charge in [-0.1, -0.05) is 27.2 Å². The van der Waals surface area contributed by atoms with Crippen molar-refractivity contribution in [3.05, 3.63) is 50.7 Å². The van der Waals surface area contributed by atoms with Gasteiger partial charge in [0.25, 0.3) is 11.5 Å². The van der Waals surface area contributed by atoms with Crippen LogP contribution in [0, 0.1) is 0 Å². The third-order valence-corrected chi connectivity index (χ3v) is 5.53. The summed E-state index contributed by atoms with van der Waals surface area (Å²) in [5, 5.41) is 0. The van der Waals surface area contributed by atoms with Crippen LogP contribution < -0.4 is 26.6 Å². The molecule has 0 saturated carbocycles. The van der Waals surface area contributed by atoms with Gasteiger partial charge in [0.15, 0.2) is 18.1 Å². The summed E-state index contributed by atoms with van der Waals surface area (Å²) in [6.07, 6.45) is 2.45. The molecule has 11 heteroatoms. The van der Waals surface area contributed by atoms with E-state index in [0.29, 0.717) is 30.8 Å². The second-order valence-electron chi connectivity index (χ2n) is 8.50. The van der Waals surface area contributed by atoms with E-state index in [1.807, 2.05) is 20.8 Å². The van der Waals surface area contributed by atoms with Crippen LogP contribution in [0.2, 0.25) is 0 Å². The molecule has 0 aliphatic heterocycles. The first-order valence-electron chi connectivity index (χ1n) is 12.6. The quantitative estimate of drug-likeness (QED) is 0.270. The summed E-state index contributed by atoms with van der Waals surface area (Å²) < 4.78 is 11.8. The lowest BCUT2D eigenvalue weighted by Crippen LogP contribution is -2.43. The molecule has 0 radical (unpaired) electrons. The molecule has 3 N–H and O–H groups in total. The van der Waals surface area contributed by atoms with Crippen LogP contribution in [0.4, 0.5) is 11.5 Å². The third-order valence-electron chi connectivity index (χ3n) is 5.53. The Kier molecular flexibility index (Phi) is 11.6. The number of benzene rings is 1. The van der Waals surface area contributed by atoms with E-state index in [9.17, 15) is 24.0 Å². The predicted octanol–water partition coefficient (Wildman–Crippen LogP) is 2.66. The third kappa shape index (κ3) is 8.33. The summed E-state index contributed by atoms with van der Waals surface area (Å²) in [5.74, 6) is -1.09. The molecule has 0 saturated heterocycles. The van der Waals surface area contributed by atoms with Crippen LogP contribution >= 0.6 is 0 Å². The second kappa shape index (κ2) is 14.6. The summed E-state index contributed by atoms with van der Waals surface area (Å²) in [4.78, 5) is 65.6. The van der Waals surface area contributed by atoms with E-state index in [-0.39, 0.29) is 43.2 Å². The summed E-state index contributed by atoms with van der Waals surface area (Å²) in [7, 11) is 0. The minimum atomic E-state index is -0.789. The van der Waals surface area contributed by atoms with E-state index in [0.717, 1.165) is 17.7 Å². The SMILES string of the molecule is CCCCN(C(=O)COC(=O)CCC(=O)c1ccc(OCCC)cc1)c1c(N)n(CCC)c(=O)[nH]c1=O. The number of hydrogen-bond acceptors (Lipinski definition) is 8. The van der Waals surface area contributed by atoms with Crippen LogP contribution in [-0.4, -0.2) is 47.0 Å². The highest BCUT2D eigenvalue weighted by Crippen LogP contribution is 2.18. The van der Waals surface area contributed by atoms with Gasteiger partial charge in [0, 0.05) is 25.1 Å². The zero-order valence-electron chi connectivity index (χ0n) is 21.7. The first kappa shape index (κ1) is 29.3. The standard InChI is InChI=1S/C26H36N4O7/c1-4-7-15-29(23-24(27)30(14-5-2)26(35)28-25(23)34)21(32)17-37-22(33)13-12-20(31)18-8-10-19(11-9-18)36-16-6-3/h8-11H,4-7,12-17,27H2,1-3H3,(H,28,34,35). The number of esters is 1. The van der Waals surface area contributed by atoms with Gasteiger partial charge in [0.1, 0.15) is 11.6 Å². The topological polar surface area (TPSA) is 154 Å². The molecule has 0 aliphatic carbocycles. The smallest absolute Gasteiger partial charge is 0.330 e. The molecular weight excluding hydrogens is 480 g/mol. The van der Waals surface area contributed by atoms with Gasteiger partial charge in [-0.15, -0.1) is 0 Å². The Bertz CT molecular complexity index is 1180. The zero-order chi connectivity index (χ0) is 27.4. The number of nitrogen functional groups attached to an aromatic ring is 1. The fraction of sp³-hybridized carbons (Fsp3) is 0.500. The van der Waals surface area contributed by atoms with Gasteiger partial charge >= 0.3 is 11.7 Å². The molecule has 37 heavy (non-hydrogen) atoms. The first-order valence-corrected chi connectivity index (χ1v) is 12.6. The van der Waals surface area contributed by atoms with Crippen molar-refractivity contribution in [1.29, 1.82) is 0 Å². The van der Waals surface area contributed by atoms with Gasteiger partial charge in [-0.3, -0.25) is 28.7 Å². The second-order valence-corrected chi connectivity index (χ2v) is 8.50. The Morgan fingerprint density at radius 2 is 1.70 bits per heavy atom. The molecule has 202 valence electrons. The van der Waals surface area contributed by atoms with Gasteiger partial charge in [-0.05, 0) is 43.5 Å². The summed E-state index contributed by atoms with van der Waals surface area (Å²) >= 11 is 0. The van der Waals surface area contributed by atoms with Crippen LogP contribution in [0.3, 0.4) is 0 Å². The van der Waals surface area contributed by atoms with E-state index >= 15 is 0 Å². The highest BCUT2D eigenvalue weighted by molar-refractivity contribution is 5.99. The van der Waals surface area contributed by atoms with Crippen molar-refractivity contribution in [2.75, 3.05) is 30.4 Å². The molecule has 0 fully saturated rings. The van der Waals surface area contributed by atoms with Crippen molar-refractivity contribution in [2.45, 2.75) is 65.8 Å². The molecule has 1 heterocycles. The Hall–Kier alpha value is -3.89. The predicted molar refractivity (Wildman–Crippen MR) is 140 cm³/mol. The van der Waals surface area contributed by atoms with Crippen LogP contribution in [0.15, 0.2) is 33.9 Å². The minimum absolute atomic E-state index is 0.0870. The lowest BCUT2D eigenvalue weighted by atomic mass is 10.1. The monoisotopic (exact) mass is 516 g/mol. The zero-order valence-corrected chi connectivity index (χ0v) is 21.7. The number of H-pyrrole nitrogens is 1. The van der Waals surface area contributed by atoms with E-state index in [4.69, 9.17) is 15.2 Å². The van der Waals surface area contributed by atoms with Crippen molar-refractivity contribution < 1.29 is 23.9 Å². The number of aromatic nitrogens is 2. The largest absolute Gasteiger partial charge is 0.494 e. The number of carbonyl (C=O) groups excluding carboxylic acids is 3. The maximum atomic E-state index is 13.0. The van der Waals surface area contributed by atoms with E-state index in [1.165, 1.54) is 4.57 Å². The summed E-state index contributed by atoms with van der Waals surface area (Å²) in [6, 6.07) is 6.66. The fourth-order valence-corrected chi connectivity index (χ4v) is 3.57. The van der Waals surface area contributed by atoms with Crippen molar-refractivity contribution >= 4 is 29.2 Å². The molecule has 0 bridgehead atoms. The van der Waals surface area contributed by atoms with Crippen molar-refractivity contribution in [3.8, 4) is 5.75 Å². The molecule has 2 rings (SSSR count). The number of anilines is 2. The average molecular weight is 517 g/mol. The summed E-state index contributed by atoms with van der Waals surface area (Å²) in [5.41, 5.74) is 4.95. The molecule has 0 atom stereocenters. The fourth-order valence-electron chi connectivity index (χ4n) is 3.57. The number of carbonyl (C=O) groups is 3. The maximum Gasteiger partial charge on any atom is 0.330 e. The van der Waals surface area contributed by atoms with Gasteiger partial charge in [-0.2, -0.15) is 0 Å². The molecular formula is C26H36N4O7. The van der Waals surface area contributed by atoms with Gasteiger partial charge < -0.3 is 20.1 Å².